The van der Waals surface area contributed by atoms with E-state index in [-0.39, 0.29) is 0 Å². The number of benzene rings is 1. The zero-order valence-electron chi connectivity index (χ0n) is 10.6. The summed E-state index contributed by atoms with van der Waals surface area (Å²) >= 11 is 12.1. The fourth-order valence-electron chi connectivity index (χ4n) is 1.72. The molecule has 0 spiro atoms. The summed E-state index contributed by atoms with van der Waals surface area (Å²) in [7, 11) is 0. The zero-order valence-corrected chi connectivity index (χ0v) is 12.1. The first-order chi connectivity index (χ1) is 9.22. The molecule has 2 aromatic rings. The normalized spacial score (nSPS) is 10.5. The number of rotatable bonds is 5. The van der Waals surface area contributed by atoms with Crippen LogP contribution in [0.4, 0.5) is 0 Å². The van der Waals surface area contributed by atoms with Gasteiger partial charge in [-0.2, -0.15) is 0 Å². The third-order valence-corrected chi connectivity index (χ3v) is 3.37. The van der Waals surface area contributed by atoms with E-state index in [9.17, 15) is 0 Å². The minimum Gasteiger partial charge on any atom is -0.472 e. The molecule has 1 heterocycles. The van der Waals surface area contributed by atoms with Crippen molar-refractivity contribution in [3.8, 4) is 5.88 Å². The molecule has 0 radical (unpaired) electrons. The lowest BCUT2D eigenvalue weighted by Crippen LogP contribution is -2.03. The van der Waals surface area contributed by atoms with Gasteiger partial charge >= 0.3 is 0 Å². The summed E-state index contributed by atoms with van der Waals surface area (Å²) in [6.07, 6.45) is 3.15. The summed E-state index contributed by atoms with van der Waals surface area (Å²) in [4.78, 5) is 8.12. The zero-order chi connectivity index (χ0) is 13.7. The molecule has 0 unspecified atom stereocenters. The molecule has 0 fully saturated rings. The Balaban J connectivity index is 2.16. The van der Waals surface area contributed by atoms with E-state index in [4.69, 9.17) is 27.9 Å². The van der Waals surface area contributed by atoms with Crippen molar-refractivity contribution >= 4 is 23.2 Å². The Bertz CT molecular complexity index is 561. The van der Waals surface area contributed by atoms with Crippen molar-refractivity contribution < 1.29 is 4.74 Å². The van der Waals surface area contributed by atoms with Crippen LogP contribution in [0.25, 0.3) is 0 Å². The van der Waals surface area contributed by atoms with Gasteiger partial charge in [-0.1, -0.05) is 54.7 Å². The summed E-state index contributed by atoms with van der Waals surface area (Å²) in [6, 6.07) is 7.56. The fraction of sp³-hybridized carbons (Fsp3) is 0.286. The van der Waals surface area contributed by atoms with Crippen molar-refractivity contribution in [2.75, 3.05) is 0 Å². The molecule has 2 rings (SSSR count). The first kappa shape index (κ1) is 14.1. The van der Waals surface area contributed by atoms with Crippen molar-refractivity contribution in [3.63, 3.8) is 0 Å². The number of ether oxygens (including phenoxy) is 1. The Labute approximate surface area is 122 Å². The Morgan fingerprint density at radius 1 is 1.16 bits per heavy atom. The summed E-state index contributed by atoms with van der Waals surface area (Å²) in [6.45, 7) is 2.44. The number of aromatic nitrogens is 2. The van der Waals surface area contributed by atoms with Gasteiger partial charge in [0.15, 0.2) is 0 Å². The molecule has 0 aliphatic heterocycles. The smallest absolute Gasteiger partial charge is 0.221 e. The van der Waals surface area contributed by atoms with E-state index in [1.54, 1.807) is 0 Å². The van der Waals surface area contributed by atoms with E-state index in [0.29, 0.717) is 22.7 Å². The minimum absolute atomic E-state index is 0.365. The lowest BCUT2D eigenvalue weighted by atomic mass is 10.2. The predicted octanol–water partition coefficient (Wildman–Crippen LogP) is 4.31. The Kier molecular flexibility index (Phi) is 5.00. The summed E-state index contributed by atoms with van der Waals surface area (Å²) < 4.78 is 5.72. The molecule has 5 heteroatoms. The van der Waals surface area contributed by atoms with Gasteiger partial charge in [-0.3, -0.25) is 0 Å². The third-order valence-electron chi connectivity index (χ3n) is 2.68. The molecule has 0 amide bonds. The first-order valence-electron chi connectivity index (χ1n) is 6.08. The van der Waals surface area contributed by atoms with Crippen molar-refractivity contribution in [3.05, 3.63) is 51.9 Å². The van der Waals surface area contributed by atoms with Gasteiger partial charge in [-0.25, -0.2) is 9.97 Å². The van der Waals surface area contributed by atoms with E-state index in [1.165, 1.54) is 6.33 Å². The molecule has 0 aliphatic carbocycles. The third kappa shape index (κ3) is 3.58. The Morgan fingerprint density at radius 3 is 2.68 bits per heavy atom. The highest BCUT2D eigenvalue weighted by molar-refractivity contribution is 6.31. The van der Waals surface area contributed by atoms with Crippen molar-refractivity contribution in [2.45, 2.75) is 26.4 Å². The molecule has 0 saturated carbocycles. The predicted molar refractivity (Wildman–Crippen MR) is 76.8 cm³/mol. The van der Waals surface area contributed by atoms with Crippen LogP contribution in [0.1, 0.15) is 24.5 Å². The van der Waals surface area contributed by atoms with Gasteiger partial charge in [0.05, 0.1) is 5.56 Å². The van der Waals surface area contributed by atoms with Crippen molar-refractivity contribution in [1.29, 1.82) is 0 Å². The number of hydrogen-bond donors (Lipinski definition) is 0. The van der Waals surface area contributed by atoms with Gasteiger partial charge in [0.1, 0.15) is 18.1 Å². The number of halogens is 2. The minimum atomic E-state index is 0.365. The van der Waals surface area contributed by atoms with Crippen LogP contribution in [0.15, 0.2) is 30.6 Å². The van der Waals surface area contributed by atoms with Gasteiger partial charge in [0.2, 0.25) is 5.88 Å². The van der Waals surface area contributed by atoms with Gasteiger partial charge in [-0.05, 0) is 12.5 Å². The van der Waals surface area contributed by atoms with Crippen molar-refractivity contribution in [2.24, 2.45) is 0 Å². The van der Waals surface area contributed by atoms with E-state index in [1.807, 2.05) is 24.3 Å². The lowest BCUT2D eigenvalue weighted by Gasteiger charge is -2.11. The second-order valence-corrected chi connectivity index (χ2v) is 4.84. The van der Waals surface area contributed by atoms with Crippen molar-refractivity contribution in [1.82, 2.24) is 9.97 Å². The van der Waals surface area contributed by atoms with Gasteiger partial charge in [0.25, 0.3) is 0 Å². The largest absolute Gasteiger partial charge is 0.472 e. The average Bonchev–Trinajstić information content (AvgIpc) is 2.41. The van der Waals surface area contributed by atoms with Crippen LogP contribution in [0.2, 0.25) is 10.2 Å². The summed E-state index contributed by atoms with van der Waals surface area (Å²) in [5.74, 6) is 0.529. The van der Waals surface area contributed by atoms with Crippen LogP contribution in [-0.4, -0.2) is 9.97 Å². The molecule has 0 atom stereocenters. The average molecular weight is 297 g/mol. The Morgan fingerprint density at radius 2 is 1.95 bits per heavy atom. The van der Waals surface area contributed by atoms with Crippen LogP contribution in [0.5, 0.6) is 5.88 Å². The first-order valence-corrected chi connectivity index (χ1v) is 6.83. The van der Waals surface area contributed by atoms with Crippen LogP contribution in [0, 0.1) is 0 Å². The second kappa shape index (κ2) is 6.73. The maximum Gasteiger partial charge on any atom is 0.221 e. The molecule has 0 N–H and O–H groups in total. The molecule has 0 bridgehead atoms. The van der Waals surface area contributed by atoms with Crippen LogP contribution in [-0.2, 0) is 13.0 Å². The number of nitrogens with zero attached hydrogens (tertiary/aromatic N) is 2. The van der Waals surface area contributed by atoms with E-state index < -0.39 is 0 Å². The molecule has 100 valence electrons. The van der Waals surface area contributed by atoms with Gasteiger partial charge < -0.3 is 4.74 Å². The molecule has 0 saturated heterocycles. The summed E-state index contributed by atoms with van der Waals surface area (Å²) in [5, 5.41) is 1.13. The van der Waals surface area contributed by atoms with E-state index >= 15 is 0 Å². The highest BCUT2D eigenvalue weighted by atomic mass is 35.5. The van der Waals surface area contributed by atoms with Crippen LogP contribution in [0.3, 0.4) is 0 Å². The maximum absolute atomic E-state index is 6.08. The monoisotopic (exact) mass is 296 g/mol. The molecular formula is C14H14Cl2N2O. The van der Waals surface area contributed by atoms with Gasteiger partial charge in [0, 0.05) is 10.6 Å². The molecule has 0 aliphatic rings. The Hall–Kier alpha value is -1.32. The maximum atomic E-state index is 6.08. The fourth-order valence-corrected chi connectivity index (χ4v) is 2.13. The molecule has 3 nitrogen and oxygen atoms in total. The SMILES string of the molecule is CCCc1c(Cl)ncnc1OCc1ccccc1Cl. The molecular weight excluding hydrogens is 283 g/mol. The highest BCUT2D eigenvalue weighted by Gasteiger charge is 2.11. The standard InChI is InChI=1S/C14H14Cl2N2O/c1-2-5-11-13(16)17-9-18-14(11)19-8-10-6-3-4-7-12(10)15/h3-4,6-7,9H,2,5,8H2,1H3. The molecule has 1 aromatic heterocycles. The quantitative estimate of drug-likeness (QED) is 0.771. The van der Waals surface area contributed by atoms with Crippen LogP contribution >= 0.6 is 23.2 Å². The second-order valence-electron chi connectivity index (χ2n) is 4.08. The van der Waals surface area contributed by atoms with Gasteiger partial charge in [-0.15, -0.1) is 0 Å². The lowest BCUT2D eigenvalue weighted by molar-refractivity contribution is 0.289. The highest BCUT2D eigenvalue weighted by Crippen LogP contribution is 2.25. The molecule has 1 aromatic carbocycles. The topological polar surface area (TPSA) is 35.0 Å². The molecule has 19 heavy (non-hydrogen) atoms. The summed E-state index contributed by atoms with van der Waals surface area (Å²) in [5.41, 5.74) is 1.76. The van der Waals surface area contributed by atoms with Crippen LogP contribution < -0.4 is 4.74 Å². The van der Waals surface area contributed by atoms with E-state index in [2.05, 4.69) is 16.9 Å². The van der Waals surface area contributed by atoms with E-state index in [0.717, 1.165) is 24.0 Å². The number of hydrogen-bond acceptors (Lipinski definition) is 3.